The summed E-state index contributed by atoms with van der Waals surface area (Å²) in [5.74, 6) is -0.104. The van der Waals surface area contributed by atoms with E-state index in [0.29, 0.717) is 6.54 Å². The molecule has 2 aromatic rings. The van der Waals surface area contributed by atoms with Crippen molar-refractivity contribution in [1.82, 2.24) is 5.32 Å². The molecule has 0 spiro atoms. The monoisotopic (exact) mass is 250 g/mol. The third kappa shape index (κ3) is 3.67. The summed E-state index contributed by atoms with van der Waals surface area (Å²) < 4.78 is 0. The van der Waals surface area contributed by atoms with Gasteiger partial charge in [0.05, 0.1) is 12.0 Å². The molecule has 0 bridgehead atoms. The maximum absolute atomic E-state index is 9.27. The Morgan fingerprint density at radius 1 is 0.947 bits per heavy atom. The molecule has 0 aliphatic carbocycles. The van der Waals surface area contributed by atoms with Crippen LogP contribution in [0.2, 0.25) is 0 Å². The average molecular weight is 250 g/mol. The van der Waals surface area contributed by atoms with E-state index in [0.717, 1.165) is 5.56 Å². The van der Waals surface area contributed by atoms with Crippen LogP contribution < -0.4 is 5.32 Å². The van der Waals surface area contributed by atoms with Crippen LogP contribution >= 0.6 is 0 Å². The highest BCUT2D eigenvalue weighted by atomic mass is 14.9. The second-order valence-electron chi connectivity index (χ2n) is 4.63. The molecule has 96 valence electrons. The Kier molecular flexibility index (Phi) is 4.72. The molecule has 2 rings (SSSR count). The van der Waals surface area contributed by atoms with Gasteiger partial charge in [-0.15, -0.1) is 0 Å². The minimum atomic E-state index is -0.104. The van der Waals surface area contributed by atoms with E-state index in [4.69, 9.17) is 0 Å². The van der Waals surface area contributed by atoms with Gasteiger partial charge < -0.3 is 5.32 Å². The molecule has 2 aromatic carbocycles. The van der Waals surface area contributed by atoms with Crippen LogP contribution in [0.25, 0.3) is 0 Å². The van der Waals surface area contributed by atoms with E-state index in [9.17, 15) is 5.26 Å². The van der Waals surface area contributed by atoms with E-state index in [2.05, 4.69) is 30.4 Å². The molecular weight excluding hydrogens is 232 g/mol. The van der Waals surface area contributed by atoms with Gasteiger partial charge in [-0.2, -0.15) is 5.26 Å². The van der Waals surface area contributed by atoms with Crippen LogP contribution in [0.15, 0.2) is 60.7 Å². The molecule has 0 radical (unpaired) electrons. The molecule has 0 aliphatic rings. The highest BCUT2D eigenvalue weighted by Crippen LogP contribution is 2.16. The van der Waals surface area contributed by atoms with Crippen molar-refractivity contribution in [2.45, 2.75) is 18.9 Å². The average Bonchev–Trinajstić information content (AvgIpc) is 2.49. The number of nitrogens with one attached hydrogen (secondary N) is 1. The lowest BCUT2D eigenvalue weighted by molar-refractivity contribution is 0.558. The standard InChI is InChI=1S/C17H18N2/c1-14(15-8-4-2-5-9-15)19-13-17(12-18)16-10-6-3-7-11-16/h2-11,14,17,19H,13H2,1H3. The minimum absolute atomic E-state index is 0.104. The second kappa shape index (κ2) is 6.72. The van der Waals surface area contributed by atoms with Crippen LogP contribution in [-0.4, -0.2) is 6.54 Å². The molecule has 0 aliphatic heterocycles. The first kappa shape index (κ1) is 13.3. The fourth-order valence-corrected chi connectivity index (χ4v) is 2.08. The predicted molar refractivity (Wildman–Crippen MR) is 77.7 cm³/mol. The Bertz CT molecular complexity index is 528. The molecule has 0 saturated heterocycles. The summed E-state index contributed by atoms with van der Waals surface area (Å²) in [5.41, 5.74) is 2.31. The smallest absolute Gasteiger partial charge is 0.0837 e. The zero-order chi connectivity index (χ0) is 13.5. The van der Waals surface area contributed by atoms with Crippen molar-refractivity contribution in [3.05, 3.63) is 71.8 Å². The Hall–Kier alpha value is -2.11. The van der Waals surface area contributed by atoms with Crippen molar-refractivity contribution < 1.29 is 0 Å². The number of benzene rings is 2. The molecule has 1 N–H and O–H groups in total. The molecule has 0 fully saturated rings. The van der Waals surface area contributed by atoms with Gasteiger partial charge in [0.15, 0.2) is 0 Å². The zero-order valence-electron chi connectivity index (χ0n) is 11.1. The molecule has 2 heteroatoms. The summed E-state index contributed by atoms with van der Waals surface area (Å²) in [4.78, 5) is 0. The fraction of sp³-hybridized carbons (Fsp3) is 0.235. The van der Waals surface area contributed by atoms with E-state index in [1.807, 2.05) is 48.5 Å². The van der Waals surface area contributed by atoms with Gasteiger partial charge in [0.1, 0.15) is 0 Å². The fourth-order valence-electron chi connectivity index (χ4n) is 2.08. The van der Waals surface area contributed by atoms with Crippen LogP contribution in [0.1, 0.15) is 30.0 Å². The molecule has 2 unspecified atom stereocenters. The van der Waals surface area contributed by atoms with Crippen LogP contribution in [0.5, 0.6) is 0 Å². The van der Waals surface area contributed by atoms with Crippen LogP contribution in [0.3, 0.4) is 0 Å². The summed E-state index contributed by atoms with van der Waals surface area (Å²) in [7, 11) is 0. The maximum atomic E-state index is 9.27. The summed E-state index contributed by atoms with van der Waals surface area (Å²) in [6, 6.07) is 22.8. The van der Waals surface area contributed by atoms with Crippen molar-refractivity contribution in [1.29, 1.82) is 5.26 Å². The lowest BCUT2D eigenvalue weighted by Gasteiger charge is -2.17. The van der Waals surface area contributed by atoms with E-state index in [1.54, 1.807) is 0 Å². The Labute approximate surface area is 114 Å². The number of hydrogen-bond donors (Lipinski definition) is 1. The first-order chi connectivity index (χ1) is 9.31. The van der Waals surface area contributed by atoms with Gasteiger partial charge in [0, 0.05) is 12.6 Å². The van der Waals surface area contributed by atoms with Gasteiger partial charge in [0.25, 0.3) is 0 Å². The van der Waals surface area contributed by atoms with Crippen molar-refractivity contribution in [3.8, 4) is 6.07 Å². The first-order valence-electron chi connectivity index (χ1n) is 6.54. The summed E-state index contributed by atoms with van der Waals surface area (Å²) in [6.45, 7) is 2.78. The largest absolute Gasteiger partial charge is 0.309 e. The van der Waals surface area contributed by atoms with Gasteiger partial charge in [-0.05, 0) is 18.1 Å². The lowest BCUT2D eigenvalue weighted by Crippen LogP contribution is -2.24. The van der Waals surface area contributed by atoms with Crippen molar-refractivity contribution in [3.63, 3.8) is 0 Å². The van der Waals surface area contributed by atoms with Gasteiger partial charge in [-0.1, -0.05) is 60.7 Å². The topological polar surface area (TPSA) is 35.8 Å². The number of hydrogen-bond acceptors (Lipinski definition) is 2. The van der Waals surface area contributed by atoms with Crippen LogP contribution in [0.4, 0.5) is 0 Å². The maximum Gasteiger partial charge on any atom is 0.0837 e. The molecule has 0 amide bonds. The van der Waals surface area contributed by atoms with E-state index in [-0.39, 0.29) is 12.0 Å². The Morgan fingerprint density at radius 3 is 2.00 bits per heavy atom. The summed E-state index contributed by atoms with van der Waals surface area (Å²) in [6.07, 6.45) is 0. The summed E-state index contributed by atoms with van der Waals surface area (Å²) in [5, 5.41) is 12.7. The third-order valence-electron chi connectivity index (χ3n) is 3.29. The van der Waals surface area contributed by atoms with Crippen molar-refractivity contribution >= 4 is 0 Å². The van der Waals surface area contributed by atoms with Crippen LogP contribution in [-0.2, 0) is 0 Å². The normalized spacial score (nSPS) is 13.5. The number of rotatable bonds is 5. The quantitative estimate of drug-likeness (QED) is 0.879. The van der Waals surface area contributed by atoms with Crippen molar-refractivity contribution in [2.24, 2.45) is 0 Å². The third-order valence-corrected chi connectivity index (χ3v) is 3.29. The van der Waals surface area contributed by atoms with E-state index < -0.39 is 0 Å². The van der Waals surface area contributed by atoms with E-state index in [1.165, 1.54) is 5.56 Å². The van der Waals surface area contributed by atoms with Gasteiger partial charge >= 0.3 is 0 Å². The second-order valence-corrected chi connectivity index (χ2v) is 4.63. The van der Waals surface area contributed by atoms with Crippen molar-refractivity contribution in [2.75, 3.05) is 6.54 Å². The molecule has 19 heavy (non-hydrogen) atoms. The minimum Gasteiger partial charge on any atom is -0.309 e. The molecule has 0 heterocycles. The molecule has 0 saturated carbocycles. The molecule has 0 aromatic heterocycles. The zero-order valence-corrected chi connectivity index (χ0v) is 11.1. The Balaban J connectivity index is 1.96. The highest BCUT2D eigenvalue weighted by Gasteiger charge is 2.12. The number of nitrogens with zero attached hydrogens (tertiary/aromatic N) is 1. The SMILES string of the molecule is CC(NCC(C#N)c1ccccc1)c1ccccc1. The molecule has 2 nitrogen and oxygen atoms in total. The Morgan fingerprint density at radius 2 is 1.47 bits per heavy atom. The molecular formula is C17H18N2. The van der Waals surface area contributed by atoms with Crippen LogP contribution in [0, 0.1) is 11.3 Å². The first-order valence-corrected chi connectivity index (χ1v) is 6.54. The summed E-state index contributed by atoms with van der Waals surface area (Å²) >= 11 is 0. The highest BCUT2D eigenvalue weighted by molar-refractivity contribution is 5.25. The lowest BCUT2D eigenvalue weighted by atomic mass is 10.00. The predicted octanol–water partition coefficient (Wildman–Crippen LogP) is 3.64. The molecule has 2 atom stereocenters. The number of nitriles is 1. The van der Waals surface area contributed by atoms with E-state index >= 15 is 0 Å². The van der Waals surface area contributed by atoms with Gasteiger partial charge in [-0.25, -0.2) is 0 Å². The van der Waals surface area contributed by atoms with Gasteiger partial charge in [0.2, 0.25) is 0 Å². The van der Waals surface area contributed by atoms with Gasteiger partial charge in [-0.3, -0.25) is 0 Å².